The molecule has 1 amide bonds. The monoisotopic (exact) mass is 342 g/mol. The molecule has 1 heterocycles. The maximum atomic E-state index is 12.5. The molecule has 23 heavy (non-hydrogen) atoms. The summed E-state index contributed by atoms with van der Waals surface area (Å²) < 4.78 is 4.94. The van der Waals surface area contributed by atoms with Gasteiger partial charge in [0.15, 0.2) is 11.8 Å². The largest absolute Gasteiger partial charge is 0.480 e. The summed E-state index contributed by atoms with van der Waals surface area (Å²) in [6.45, 7) is -0.301. The highest BCUT2D eigenvalue weighted by Gasteiger charge is 2.41. The van der Waals surface area contributed by atoms with Crippen LogP contribution < -0.4 is 10.6 Å². The van der Waals surface area contributed by atoms with Gasteiger partial charge in [0, 0.05) is 25.3 Å². The summed E-state index contributed by atoms with van der Waals surface area (Å²) in [5, 5.41) is 14.1. The molecule has 1 aromatic rings. The second-order valence-electron chi connectivity index (χ2n) is 4.56. The summed E-state index contributed by atoms with van der Waals surface area (Å²) in [6.07, 6.45) is 6.22. The number of carboxylic acid groups (broad SMARTS) is 1. The van der Waals surface area contributed by atoms with Crippen molar-refractivity contribution in [3.8, 4) is 0 Å². The Morgan fingerprint density at radius 2 is 2.26 bits per heavy atom. The summed E-state index contributed by atoms with van der Waals surface area (Å²) in [5.41, 5.74) is -1.81. The predicted molar refractivity (Wildman–Crippen MR) is 84.3 cm³/mol. The number of ether oxygens (including phenoxy) is 1. The number of anilines is 1. The molecule has 9 nitrogen and oxygen atoms in total. The SMILES string of the molecule is COC[C@](C=O)(Nc1cnccn1)C(=O)NC(CSC)C(=O)O. The van der Waals surface area contributed by atoms with Crippen molar-refractivity contribution in [2.24, 2.45) is 0 Å². The zero-order chi connectivity index (χ0) is 17.3. The summed E-state index contributed by atoms with van der Waals surface area (Å²) in [4.78, 5) is 43.0. The fourth-order valence-electron chi connectivity index (χ4n) is 1.72. The van der Waals surface area contributed by atoms with Crippen LogP contribution in [0.2, 0.25) is 0 Å². The van der Waals surface area contributed by atoms with Gasteiger partial charge in [-0.3, -0.25) is 9.78 Å². The number of hydrogen-bond donors (Lipinski definition) is 3. The lowest BCUT2D eigenvalue weighted by molar-refractivity contribution is -0.143. The lowest BCUT2D eigenvalue weighted by Gasteiger charge is -2.29. The minimum atomic E-state index is -1.81. The average Bonchev–Trinajstić information content (AvgIpc) is 2.54. The number of aliphatic carboxylic acids is 1. The molecule has 1 unspecified atom stereocenters. The number of aromatic nitrogens is 2. The van der Waals surface area contributed by atoms with Crippen LogP contribution in [0, 0.1) is 0 Å². The molecule has 0 spiro atoms. The van der Waals surface area contributed by atoms with Crippen molar-refractivity contribution < 1.29 is 24.2 Å². The van der Waals surface area contributed by atoms with Gasteiger partial charge in [0.25, 0.3) is 5.91 Å². The van der Waals surface area contributed by atoms with Crippen molar-refractivity contribution in [3.63, 3.8) is 0 Å². The molecule has 0 aliphatic heterocycles. The number of aldehydes is 1. The van der Waals surface area contributed by atoms with Gasteiger partial charge in [0.2, 0.25) is 0 Å². The first kappa shape index (κ1) is 18.8. The van der Waals surface area contributed by atoms with Crippen LogP contribution in [0.25, 0.3) is 0 Å². The van der Waals surface area contributed by atoms with E-state index in [-0.39, 0.29) is 18.2 Å². The number of nitrogens with one attached hydrogen (secondary N) is 2. The Kier molecular flexibility index (Phi) is 7.42. The number of thioether (sulfide) groups is 1. The molecule has 126 valence electrons. The molecular formula is C13H18N4O5S. The van der Waals surface area contributed by atoms with Gasteiger partial charge in [-0.05, 0) is 6.26 Å². The van der Waals surface area contributed by atoms with Crippen LogP contribution >= 0.6 is 11.8 Å². The number of rotatable bonds is 10. The maximum Gasteiger partial charge on any atom is 0.327 e. The highest BCUT2D eigenvalue weighted by Crippen LogP contribution is 2.13. The number of carboxylic acids is 1. The molecule has 1 aromatic heterocycles. The Hall–Kier alpha value is -2.20. The van der Waals surface area contributed by atoms with E-state index in [9.17, 15) is 14.4 Å². The van der Waals surface area contributed by atoms with Gasteiger partial charge >= 0.3 is 5.97 Å². The quantitative estimate of drug-likeness (QED) is 0.377. The van der Waals surface area contributed by atoms with Crippen LogP contribution in [-0.4, -0.2) is 70.5 Å². The third-order valence-corrected chi connectivity index (χ3v) is 3.50. The third kappa shape index (κ3) is 5.18. The highest BCUT2D eigenvalue weighted by molar-refractivity contribution is 7.98. The third-order valence-electron chi connectivity index (χ3n) is 2.83. The molecule has 0 radical (unpaired) electrons. The van der Waals surface area contributed by atoms with Gasteiger partial charge in [-0.25, -0.2) is 9.78 Å². The summed E-state index contributed by atoms with van der Waals surface area (Å²) in [5.74, 6) is -1.66. The second-order valence-corrected chi connectivity index (χ2v) is 5.47. The highest BCUT2D eigenvalue weighted by atomic mass is 32.2. The standard InChI is InChI=1S/C13H18N4O5S/c1-22-8-13(7-18,17-10-5-14-3-4-15-10)12(21)16-9(6-23-2)11(19)20/h3-5,7,9H,6,8H2,1-2H3,(H,15,17)(H,16,21)(H,19,20)/t9?,13-/m0/s1. The van der Waals surface area contributed by atoms with E-state index in [0.717, 1.165) is 0 Å². The molecule has 0 fully saturated rings. The minimum absolute atomic E-state index is 0.161. The van der Waals surface area contributed by atoms with Crippen molar-refractivity contribution >= 4 is 35.7 Å². The predicted octanol–water partition coefficient (Wildman–Crippen LogP) is -0.595. The first-order chi connectivity index (χ1) is 11.0. The molecule has 0 bridgehead atoms. The van der Waals surface area contributed by atoms with Crippen LogP contribution in [0.5, 0.6) is 0 Å². The van der Waals surface area contributed by atoms with Gasteiger partial charge in [0.1, 0.15) is 11.9 Å². The Bertz CT molecular complexity index is 544. The molecule has 0 saturated carbocycles. The van der Waals surface area contributed by atoms with E-state index in [4.69, 9.17) is 9.84 Å². The average molecular weight is 342 g/mol. The zero-order valence-electron chi connectivity index (χ0n) is 12.7. The van der Waals surface area contributed by atoms with Gasteiger partial charge in [0.05, 0.1) is 12.8 Å². The van der Waals surface area contributed by atoms with E-state index >= 15 is 0 Å². The molecule has 2 atom stereocenters. The first-order valence-corrected chi connectivity index (χ1v) is 7.90. The summed E-state index contributed by atoms with van der Waals surface area (Å²) >= 11 is 1.26. The molecule has 0 aliphatic carbocycles. The van der Waals surface area contributed by atoms with Crippen molar-refractivity contribution in [3.05, 3.63) is 18.6 Å². The Balaban J connectivity index is 3.01. The van der Waals surface area contributed by atoms with E-state index in [1.807, 2.05) is 0 Å². The molecule has 1 rings (SSSR count). The molecule has 0 aromatic carbocycles. The molecule has 0 aliphatic rings. The number of amides is 1. The van der Waals surface area contributed by atoms with Crippen molar-refractivity contribution in [2.75, 3.05) is 31.0 Å². The van der Waals surface area contributed by atoms with Crippen LogP contribution in [0.15, 0.2) is 18.6 Å². The normalized spacial score (nSPS) is 14.3. The Morgan fingerprint density at radius 3 is 2.74 bits per heavy atom. The Morgan fingerprint density at radius 1 is 1.52 bits per heavy atom. The lowest BCUT2D eigenvalue weighted by Crippen LogP contribution is -2.60. The van der Waals surface area contributed by atoms with Gasteiger partial charge in [-0.2, -0.15) is 11.8 Å². The van der Waals surface area contributed by atoms with E-state index in [0.29, 0.717) is 6.29 Å². The number of hydrogen-bond acceptors (Lipinski definition) is 8. The molecule has 10 heteroatoms. The van der Waals surface area contributed by atoms with Gasteiger partial charge < -0.3 is 25.3 Å². The molecule has 3 N–H and O–H groups in total. The van der Waals surface area contributed by atoms with Crippen molar-refractivity contribution in [1.29, 1.82) is 0 Å². The fourth-order valence-corrected chi connectivity index (χ4v) is 2.28. The number of nitrogens with zero attached hydrogens (tertiary/aromatic N) is 2. The summed E-state index contributed by atoms with van der Waals surface area (Å²) in [6, 6.07) is -1.13. The van der Waals surface area contributed by atoms with E-state index in [2.05, 4.69) is 20.6 Å². The number of carbonyl (C=O) groups excluding carboxylic acids is 2. The smallest absolute Gasteiger partial charge is 0.327 e. The molecule has 0 saturated heterocycles. The van der Waals surface area contributed by atoms with Crippen molar-refractivity contribution in [2.45, 2.75) is 11.6 Å². The lowest BCUT2D eigenvalue weighted by atomic mass is 10.0. The van der Waals surface area contributed by atoms with Gasteiger partial charge in [-0.15, -0.1) is 0 Å². The van der Waals surface area contributed by atoms with Crippen LogP contribution in [0.3, 0.4) is 0 Å². The minimum Gasteiger partial charge on any atom is -0.480 e. The fraction of sp³-hybridized carbons (Fsp3) is 0.462. The maximum absolute atomic E-state index is 12.5. The molecular weight excluding hydrogens is 324 g/mol. The van der Waals surface area contributed by atoms with E-state index in [1.165, 1.54) is 37.5 Å². The van der Waals surface area contributed by atoms with Crippen molar-refractivity contribution in [1.82, 2.24) is 15.3 Å². The zero-order valence-corrected chi connectivity index (χ0v) is 13.5. The van der Waals surface area contributed by atoms with E-state index < -0.39 is 23.5 Å². The van der Waals surface area contributed by atoms with Crippen LogP contribution in [0.4, 0.5) is 5.82 Å². The summed E-state index contributed by atoms with van der Waals surface area (Å²) in [7, 11) is 1.32. The van der Waals surface area contributed by atoms with Crippen LogP contribution in [-0.2, 0) is 19.1 Å². The first-order valence-electron chi connectivity index (χ1n) is 6.51. The second kappa shape index (κ2) is 9.06. The van der Waals surface area contributed by atoms with Crippen LogP contribution in [0.1, 0.15) is 0 Å². The van der Waals surface area contributed by atoms with E-state index in [1.54, 1.807) is 6.26 Å². The Labute approximate surface area is 137 Å². The topological polar surface area (TPSA) is 131 Å². The number of carbonyl (C=O) groups is 3. The number of methoxy groups -OCH3 is 1. The van der Waals surface area contributed by atoms with Gasteiger partial charge in [-0.1, -0.05) is 0 Å².